The zero-order valence-electron chi connectivity index (χ0n) is 20.9. The van der Waals surface area contributed by atoms with Gasteiger partial charge in [0.1, 0.15) is 11.2 Å². The summed E-state index contributed by atoms with van der Waals surface area (Å²) in [6.45, 7) is 7.57. The predicted molar refractivity (Wildman–Crippen MR) is 138 cm³/mol. The topological polar surface area (TPSA) is 57.6 Å². The van der Waals surface area contributed by atoms with Crippen molar-refractivity contribution in [3.05, 3.63) is 23.2 Å². The number of hydrogen-bond acceptors (Lipinski definition) is 4. The maximum Gasteiger partial charge on any atom is 0.271 e. The van der Waals surface area contributed by atoms with Crippen LogP contribution in [0.5, 0.6) is 0 Å². The average Bonchev–Trinajstić information content (AvgIpc) is 3.44. The summed E-state index contributed by atoms with van der Waals surface area (Å²) in [5, 5.41) is 5.41. The molecule has 2 fully saturated rings. The number of thiophene rings is 1. The molecule has 1 saturated heterocycles. The van der Waals surface area contributed by atoms with Crippen LogP contribution >= 0.6 is 11.3 Å². The summed E-state index contributed by atoms with van der Waals surface area (Å²) in [5.41, 5.74) is 0.930. The van der Waals surface area contributed by atoms with Gasteiger partial charge in [0.2, 0.25) is 5.91 Å². The van der Waals surface area contributed by atoms with Crippen LogP contribution in [0.2, 0.25) is 0 Å². The molecule has 0 aromatic carbocycles. The van der Waals surface area contributed by atoms with Gasteiger partial charge in [0.15, 0.2) is 0 Å². The Labute approximate surface area is 207 Å². The fourth-order valence-electron chi connectivity index (χ4n) is 6.46. The van der Waals surface area contributed by atoms with E-state index in [1.807, 2.05) is 17.9 Å². The fraction of sp³-hybridized carbons (Fsp3) is 0.704. The van der Waals surface area contributed by atoms with Crippen LogP contribution in [0.4, 0.5) is 0 Å². The lowest BCUT2D eigenvalue weighted by molar-refractivity contribution is -0.133. The Balaban J connectivity index is 1.37. The highest BCUT2D eigenvalue weighted by Gasteiger charge is 2.48. The molecule has 0 radical (unpaired) electrons. The van der Waals surface area contributed by atoms with E-state index in [-0.39, 0.29) is 17.9 Å². The van der Waals surface area contributed by atoms with Gasteiger partial charge < -0.3 is 19.7 Å². The minimum absolute atomic E-state index is 0.00151. The standard InChI is InChI=1S/C27H40N4O2S/c1-3-21-12-7-8-14-29(21)15-9-16-31-25(32)23-18-24-22(13-17-34-24)30(23)19-27(31,2)26(33)28-20-10-5-4-6-11-20/h13,17-18,20-21H,3-12,14-16,19H2,1-2H3,(H,28,33)/t21-,27+/m1/s1. The van der Waals surface area contributed by atoms with Crippen molar-refractivity contribution in [3.8, 4) is 0 Å². The van der Waals surface area contributed by atoms with Crippen LogP contribution in [0, 0.1) is 0 Å². The zero-order chi connectivity index (χ0) is 23.7. The third-order valence-corrected chi connectivity index (χ3v) is 9.38. The molecule has 2 atom stereocenters. The molecule has 4 heterocycles. The van der Waals surface area contributed by atoms with Crippen LogP contribution in [0.1, 0.15) is 88.5 Å². The Morgan fingerprint density at radius 3 is 2.74 bits per heavy atom. The predicted octanol–water partition coefficient (Wildman–Crippen LogP) is 5.02. The van der Waals surface area contributed by atoms with Gasteiger partial charge in [0.25, 0.3) is 5.91 Å². The van der Waals surface area contributed by atoms with E-state index in [1.165, 1.54) is 44.9 Å². The summed E-state index contributed by atoms with van der Waals surface area (Å²) in [4.78, 5) is 32.1. The van der Waals surface area contributed by atoms with Crippen LogP contribution in [0.15, 0.2) is 17.5 Å². The van der Waals surface area contributed by atoms with Crippen molar-refractivity contribution in [2.75, 3.05) is 19.6 Å². The van der Waals surface area contributed by atoms with Crippen molar-refractivity contribution >= 4 is 33.4 Å². The number of aromatic nitrogens is 1. The number of carbonyl (C=O) groups excluding carboxylic acids is 2. The Kier molecular flexibility index (Phi) is 7.03. The zero-order valence-corrected chi connectivity index (χ0v) is 21.7. The lowest BCUT2D eigenvalue weighted by atomic mass is 9.91. The smallest absolute Gasteiger partial charge is 0.271 e. The highest BCUT2D eigenvalue weighted by molar-refractivity contribution is 7.17. The summed E-state index contributed by atoms with van der Waals surface area (Å²) < 4.78 is 3.21. The molecule has 186 valence electrons. The second kappa shape index (κ2) is 10.0. The molecule has 2 aromatic heterocycles. The number of rotatable bonds is 7. The van der Waals surface area contributed by atoms with Gasteiger partial charge in [-0.15, -0.1) is 11.3 Å². The van der Waals surface area contributed by atoms with E-state index in [2.05, 4.69) is 33.2 Å². The summed E-state index contributed by atoms with van der Waals surface area (Å²) in [7, 11) is 0. The Bertz CT molecular complexity index is 1020. The second-order valence-corrected chi connectivity index (χ2v) is 11.7. The van der Waals surface area contributed by atoms with Crippen molar-refractivity contribution in [1.82, 2.24) is 19.7 Å². The molecule has 0 spiro atoms. The first-order valence-corrected chi connectivity index (χ1v) is 14.3. The molecule has 2 aliphatic heterocycles. The quantitative estimate of drug-likeness (QED) is 0.600. The SMILES string of the molecule is CC[C@@H]1CCCCN1CCCN1C(=O)c2cc3sccc3n2C[C@@]1(C)C(=O)NC1CCCCC1. The summed E-state index contributed by atoms with van der Waals surface area (Å²) in [6.07, 6.45) is 11.7. The van der Waals surface area contributed by atoms with Gasteiger partial charge in [-0.2, -0.15) is 0 Å². The number of nitrogens with zero attached hydrogens (tertiary/aromatic N) is 3. The van der Waals surface area contributed by atoms with Crippen LogP contribution in [-0.4, -0.2) is 63.4 Å². The van der Waals surface area contributed by atoms with Crippen LogP contribution < -0.4 is 5.32 Å². The van der Waals surface area contributed by atoms with Gasteiger partial charge in [-0.25, -0.2) is 0 Å². The van der Waals surface area contributed by atoms with Crippen LogP contribution in [-0.2, 0) is 11.3 Å². The van der Waals surface area contributed by atoms with E-state index in [1.54, 1.807) is 11.3 Å². The number of hydrogen-bond donors (Lipinski definition) is 1. The molecule has 3 aliphatic rings. The van der Waals surface area contributed by atoms with Gasteiger partial charge in [0.05, 0.1) is 16.8 Å². The first kappa shape index (κ1) is 23.9. The second-order valence-electron chi connectivity index (χ2n) is 10.8. The molecule has 2 aromatic rings. The number of amides is 2. The molecule has 5 rings (SSSR count). The summed E-state index contributed by atoms with van der Waals surface area (Å²) >= 11 is 1.66. The molecule has 6 nitrogen and oxygen atoms in total. The Morgan fingerprint density at radius 2 is 1.94 bits per heavy atom. The molecule has 1 aliphatic carbocycles. The minimum Gasteiger partial charge on any atom is -0.351 e. The van der Waals surface area contributed by atoms with E-state index in [0.717, 1.165) is 48.3 Å². The van der Waals surface area contributed by atoms with Gasteiger partial charge in [0, 0.05) is 25.2 Å². The summed E-state index contributed by atoms with van der Waals surface area (Å²) in [6, 6.07) is 5.00. The molecule has 7 heteroatoms. The molecular weight excluding hydrogens is 444 g/mol. The minimum atomic E-state index is -0.874. The maximum atomic E-state index is 13.8. The first-order chi connectivity index (χ1) is 16.5. The Morgan fingerprint density at radius 1 is 1.15 bits per heavy atom. The van der Waals surface area contributed by atoms with Gasteiger partial charge >= 0.3 is 0 Å². The van der Waals surface area contributed by atoms with Gasteiger partial charge in [-0.05, 0) is 69.5 Å². The maximum absolute atomic E-state index is 13.8. The molecule has 0 bridgehead atoms. The third-order valence-electron chi connectivity index (χ3n) is 8.53. The van der Waals surface area contributed by atoms with Crippen molar-refractivity contribution in [2.45, 2.75) is 102 Å². The van der Waals surface area contributed by atoms with E-state index in [9.17, 15) is 9.59 Å². The third kappa shape index (κ3) is 4.41. The first-order valence-electron chi connectivity index (χ1n) is 13.4. The lowest BCUT2D eigenvalue weighted by Gasteiger charge is -2.45. The number of nitrogens with one attached hydrogen (secondary N) is 1. The highest BCUT2D eigenvalue weighted by atomic mass is 32.1. The average molecular weight is 485 g/mol. The fourth-order valence-corrected chi connectivity index (χ4v) is 7.28. The molecule has 1 saturated carbocycles. The van der Waals surface area contributed by atoms with Crippen molar-refractivity contribution in [3.63, 3.8) is 0 Å². The van der Waals surface area contributed by atoms with Gasteiger partial charge in [-0.3, -0.25) is 9.59 Å². The van der Waals surface area contributed by atoms with Crippen LogP contribution in [0.3, 0.4) is 0 Å². The normalized spacial score (nSPS) is 26.7. The Hall–Kier alpha value is -1.86. The molecule has 2 amide bonds. The van der Waals surface area contributed by atoms with E-state index in [0.29, 0.717) is 19.1 Å². The highest BCUT2D eigenvalue weighted by Crippen LogP contribution is 2.35. The van der Waals surface area contributed by atoms with Gasteiger partial charge in [-0.1, -0.05) is 32.6 Å². The van der Waals surface area contributed by atoms with Crippen molar-refractivity contribution in [1.29, 1.82) is 0 Å². The van der Waals surface area contributed by atoms with Crippen LogP contribution in [0.25, 0.3) is 10.2 Å². The number of fused-ring (bicyclic) bond motifs is 3. The molecular formula is C27H40N4O2S. The van der Waals surface area contributed by atoms with E-state index < -0.39 is 5.54 Å². The number of likely N-dealkylation sites (tertiary alicyclic amines) is 1. The lowest BCUT2D eigenvalue weighted by Crippen LogP contribution is -2.65. The monoisotopic (exact) mass is 484 g/mol. The molecule has 34 heavy (non-hydrogen) atoms. The summed E-state index contributed by atoms with van der Waals surface area (Å²) in [5.74, 6) is 0.0153. The number of carbonyl (C=O) groups is 2. The number of piperidine rings is 1. The largest absolute Gasteiger partial charge is 0.351 e. The molecule has 0 unspecified atom stereocenters. The van der Waals surface area contributed by atoms with Crippen molar-refractivity contribution in [2.24, 2.45) is 0 Å². The van der Waals surface area contributed by atoms with E-state index >= 15 is 0 Å². The van der Waals surface area contributed by atoms with E-state index in [4.69, 9.17) is 0 Å². The van der Waals surface area contributed by atoms with Crippen molar-refractivity contribution < 1.29 is 9.59 Å². The molecule has 1 N–H and O–H groups in total.